The van der Waals surface area contributed by atoms with E-state index in [-0.39, 0.29) is 10.9 Å². The third kappa shape index (κ3) is 2.71. The molecule has 0 N–H and O–H groups in total. The van der Waals surface area contributed by atoms with Gasteiger partial charge in [0.25, 0.3) is 0 Å². The van der Waals surface area contributed by atoms with Crippen LogP contribution >= 0.6 is 11.6 Å². The van der Waals surface area contributed by atoms with Gasteiger partial charge in [-0.15, -0.1) is 0 Å². The molecule has 0 saturated carbocycles. The molecule has 0 fully saturated rings. The molecule has 0 aliphatic rings. The van der Waals surface area contributed by atoms with Gasteiger partial charge in [0.05, 0.1) is 0 Å². The minimum Gasteiger partial charge on any atom is -0.457 e. The van der Waals surface area contributed by atoms with Crippen molar-refractivity contribution >= 4 is 11.6 Å². The summed E-state index contributed by atoms with van der Waals surface area (Å²) in [6.07, 6.45) is 1.54. The van der Waals surface area contributed by atoms with Crippen LogP contribution in [0, 0.1) is 18.6 Å². The Morgan fingerprint density at radius 1 is 1.18 bits per heavy atom. The van der Waals surface area contributed by atoms with Gasteiger partial charge in [-0.2, -0.15) is 0 Å². The molecule has 1 heterocycles. The van der Waals surface area contributed by atoms with E-state index in [4.69, 9.17) is 16.3 Å². The van der Waals surface area contributed by atoms with Gasteiger partial charge in [-0.05, 0) is 19.1 Å². The van der Waals surface area contributed by atoms with E-state index in [1.807, 2.05) is 0 Å². The van der Waals surface area contributed by atoms with E-state index in [0.29, 0.717) is 5.75 Å². The highest BCUT2D eigenvalue weighted by Gasteiger charge is 2.07. The first-order chi connectivity index (χ1) is 8.06. The summed E-state index contributed by atoms with van der Waals surface area (Å²) >= 11 is 5.71. The van der Waals surface area contributed by atoms with Crippen molar-refractivity contribution in [1.82, 2.24) is 4.98 Å². The molecule has 5 heteroatoms. The van der Waals surface area contributed by atoms with Gasteiger partial charge < -0.3 is 4.74 Å². The van der Waals surface area contributed by atoms with Gasteiger partial charge in [-0.25, -0.2) is 13.8 Å². The van der Waals surface area contributed by atoms with Crippen molar-refractivity contribution in [3.05, 3.63) is 52.8 Å². The first-order valence-electron chi connectivity index (χ1n) is 4.81. The number of ether oxygens (including phenoxy) is 1. The molecule has 0 bridgehead atoms. The molecule has 17 heavy (non-hydrogen) atoms. The van der Waals surface area contributed by atoms with Gasteiger partial charge in [-0.1, -0.05) is 11.6 Å². The summed E-state index contributed by atoms with van der Waals surface area (Å²) in [4.78, 5) is 3.86. The molecular weight excluding hydrogens is 248 g/mol. The average Bonchev–Trinajstić information content (AvgIpc) is 2.29. The normalized spacial score (nSPS) is 10.4. The topological polar surface area (TPSA) is 22.1 Å². The third-order valence-electron chi connectivity index (χ3n) is 2.14. The molecule has 0 amide bonds. The fourth-order valence-corrected chi connectivity index (χ4v) is 1.41. The maximum absolute atomic E-state index is 13.0. The number of aryl methyl sites for hydroxylation is 1. The van der Waals surface area contributed by atoms with E-state index < -0.39 is 11.6 Å². The number of aromatic nitrogens is 1. The molecule has 0 spiro atoms. The Kier molecular flexibility index (Phi) is 3.24. The third-order valence-corrected chi connectivity index (χ3v) is 2.35. The lowest BCUT2D eigenvalue weighted by molar-refractivity contribution is 0.458. The molecule has 1 aromatic heterocycles. The van der Waals surface area contributed by atoms with Crippen molar-refractivity contribution in [3.8, 4) is 11.5 Å². The highest BCUT2D eigenvalue weighted by Crippen LogP contribution is 2.27. The maximum Gasteiger partial charge on any atom is 0.162 e. The second kappa shape index (κ2) is 4.67. The molecule has 0 atom stereocenters. The van der Waals surface area contributed by atoms with Crippen LogP contribution in [0.3, 0.4) is 0 Å². The van der Waals surface area contributed by atoms with E-state index >= 15 is 0 Å². The minimum atomic E-state index is -0.958. The van der Waals surface area contributed by atoms with Crippen molar-refractivity contribution in [1.29, 1.82) is 0 Å². The Bertz CT molecular complexity index is 560. The zero-order valence-corrected chi connectivity index (χ0v) is 9.63. The SMILES string of the molecule is Cc1cnc(Cl)cc1Oc1ccc(F)c(F)c1. The zero-order valence-electron chi connectivity index (χ0n) is 8.88. The number of rotatable bonds is 2. The number of benzene rings is 1. The second-order valence-electron chi connectivity index (χ2n) is 3.45. The fraction of sp³-hybridized carbons (Fsp3) is 0.0833. The molecule has 0 saturated heterocycles. The fourth-order valence-electron chi connectivity index (χ4n) is 1.26. The van der Waals surface area contributed by atoms with Crippen molar-refractivity contribution in [2.45, 2.75) is 6.92 Å². The number of pyridine rings is 1. The molecule has 2 nitrogen and oxygen atoms in total. The van der Waals surface area contributed by atoms with E-state index in [1.165, 1.54) is 18.3 Å². The summed E-state index contributed by atoms with van der Waals surface area (Å²) in [5.41, 5.74) is 0.749. The maximum atomic E-state index is 13.0. The van der Waals surface area contributed by atoms with Crippen LogP contribution in [0.25, 0.3) is 0 Å². The van der Waals surface area contributed by atoms with Crippen LogP contribution in [0.2, 0.25) is 5.15 Å². The lowest BCUT2D eigenvalue weighted by Crippen LogP contribution is -1.91. The Morgan fingerprint density at radius 3 is 2.65 bits per heavy atom. The van der Waals surface area contributed by atoms with Crippen LogP contribution in [0.1, 0.15) is 5.56 Å². The summed E-state index contributed by atoms with van der Waals surface area (Å²) in [5, 5.41) is 0.271. The van der Waals surface area contributed by atoms with E-state index in [1.54, 1.807) is 6.92 Å². The lowest BCUT2D eigenvalue weighted by atomic mass is 10.3. The van der Waals surface area contributed by atoms with Crippen LogP contribution in [0.5, 0.6) is 11.5 Å². The van der Waals surface area contributed by atoms with Crippen LogP contribution in [0.15, 0.2) is 30.5 Å². The Hall–Kier alpha value is -1.68. The average molecular weight is 256 g/mol. The molecule has 0 radical (unpaired) electrons. The smallest absolute Gasteiger partial charge is 0.162 e. The molecule has 0 aliphatic heterocycles. The van der Waals surface area contributed by atoms with Crippen molar-refractivity contribution in [3.63, 3.8) is 0 Å². The summed E-state index contributed by atoms with van der Waals surface area (Å²) in [7, 11) is 0. The highest BCUT2D eigenvalue weighted by atomic mass is 35.5. The van der Waals surface area contributed by atoms with Crippen molar-refractivity contribution in [2.75, 3.05) is 0 Å². The lowest BCUT2D eigenvalue weighted by Gasteiger charge is -2.08. The monoisotopic (exact) mass is 255 g/mol. The minimum absolute atomic E-state index is 0.203. The van der Waals surface area contributed by atoms with E-state index in [0.717, 1.165) is 17.7 Å². The number of hydrogen-bond acceptors (Lipinski definition) is 2. The largest absolute Gasteiger partial charge is 0.457 e. The second-order valence-corrected chi connectivity index (χ2v) is 3.84. The summed E-state index contributed by atoms with van der Waals surface area (Å²) in [5.74, 6) is -1.22. The Balaban J connectivity index is 2.31. The standard InChI is InChI=1S/C12H8ClF2NO/c1-7-6-16-12(13)5-11(7)17-8-2-3-9(14)10(15)4-8/h2-6H,1H3. The summed E-state index contributed by atoms with van der Waals surface area (Å²) in [6, 6.07) is 4.83. The molecule has 1 aromatic carbocycles. The van der Waals surface area contributed by atoms with Crippen LogP contribution in [-0.2, 0) is 0 Å². The molecule has 0 aliphatic carbocycles. The first-order valence-corrected chi connectivity index (χ1v) is 5.19. The van der Waals surface area contributed by atoms with Gasteiger partial charge in [-0.3, -0.25) is 0 Å². The van der Waals surface area contributed by atoms with Gasteiger partial charge in [0.1, 0.15) is 16.7 Å². The molecule has 2 rings (SSSR count). The number of nitrogens with zero attached hydrogens (tertiary/aromatic N) is 1. The van der Waals surface area contributed by atoms with Crippen LogP contribution in [-0.4, -0.2) is 4.98 Å². The quantitative estimate of drug-likeness (QED) is 0.754. The molecule has 0 unspecified atom stereocenters. The van der Waals surface area contributed by atoms with Crippen LogP contribution in [0.4, 0.5) is 8.78 Å². The highest BCUT2D eigenvalue weighted by molar-refractivity contribution is 6.29. The first kappa shape index (κ1) is 11.8. The predicted molar refractivity (Wildman–Crippen MR) is 60.4 cm³/mol. The van der Waals surface area contributed by atoms with Gasteiger partial charge in [0, 0.05) is 23.9 Å². The predicted octanol–water partition coefficient (Wildman–Crippen LogP) is 4.11. The molecule has 88 valence electrons. The van der Waals surface area contributed by atoms with E-state index in [9.17, 15) is 8.78 Å². The molecular formula is C12H8ClF2NO. The zero-order chi connectivity index (χ0) is 12.4. The van der Waals surface area contributed by atoms with Crippen LogP contribution < -0.4 is 4.74 Å². The molecule has 2 aromatic rings. The van der Waals surface area contributed by atoms with Gasteiger partial charge in [0.2, 0.25) is 0 Å². The Morgan fingerprint density at radius 2 is 1.94 bits per heavy atom. The summed E-state index contributed by atoms with van der Waals surface area (Å²) in [6.45, 7) is 1.78. The van der Waals surface area contributed by atoms with E-state index in [2.05, 4.69) is 4.98 Å². The number of hydrogen-bond donors (Lipinski definition) is 0. The van der Waals surface area contributed by atoms with Gasteiger partial charge >= 0.3 is 0 Å². The van der Waals surface area contributed by atoms with Crippen molar-refractivity contribution in [2.24, 2.45) is 0 Å². The number of halogens is 3. The summed E-state index contributed by atoms with van der Waals surface area (Å²) < 4.78 is 31.1. The van der Waals surface area contributed by atoms with Crippen molar-refractivity contribution < 1.29 is 13.5 Å². The Labute approximate surface area is 102 Å². The van der Waals surface area contributed by atoms with Gasteiger partial charge in [0.15, 0.2) is 11.6 Å².